The molecule has 6 aromatic heterocycles. The monoisotopic (exact) mass is 1070 g/mol. The van der Waals surface area contributed by atoms with Crippen molar-refractivity contribution in [2.24, 2.45) is 0 Å². The smallest absolute Gasteiger partial charge is 0.227 e. The SMILES string of the molecule is COc1cc(N2CCN(C(=O)CC(O)CN3CC4CN(c5ccc(Nc6ncc(Cl)c(-c7cnc8c(F)cccn78)n6)c(OC)c5)CC(C3)O4)CC2)ccc1Nc1ncc(Cl)c(-c2cnc3cc(CN(C)C)ccn23)n1. The van der Waals surface area contributed by atoms with Crippen LogP contribution in [-0.4, -0.2) is 170 Å². The Hall–Kier alpha value is -7.40. The lowest BCUT2D eigenvalue weighted by Gasteiger charge is -2.47. The Bertz CT molecular complexity index is 3410. The first kappa shape index (κ1) is 50.7. The molecule has 76 heavy (non-hydrogen) atoms. The van der Waals surface area contributed by atoms with Crippen LogP contribution in [0.15, 0.2) is 97.8 Å². The molecule has 20 nitrogen and oxygen atoms in total. The van der Waals surface area contributed by atoms with Gasteiger partial charge in [-0.1, -0.05) is 23.2 Å². The number of benzene rings is 2. The number of methoxy groups -OCH3 is 2. The predicted molar refractivity (Wildman–Crippen MR) is 289 cm³/mol. The Morgan fingerprint density at radius 2 is 1.37 bits per heavy atom. The fourth-order valence-corrected chi connectivity index (χ4v) is 10.6. The van der Waals surface area contributed by atoms with Gasteiger partial charge >= 0.3 is 0 Å². The van der Waals surface area contributed by atoms with Crippen LogP contribution in [0.3, 0.4) is 0 Å². The van der Waals surface area contributed by atoms with E-state index in [1.165, 1.54) is 18.5 Å². The van der Waals surface area contributed by atoms with Gasteiger partial charge in [0.25, 0.3) is 0 Å². The van der Waals surface area contributed by atoms with E-state index in [1.807, 2.05) is 66.0 Å². The van der Waals surface area contributed by atoms with Crippen LogP contribution < -0.4 is 29.9 Å². The Kier molecular flexibility index (Phi) is 14.5. The van der Waals surface area contributed by atoms with Gasteiger partial charge in [-0.2, -0.15) is 0 Å². The Balaban J connectivity index is 0.654. The van der Waals surface area contributed by atoms with E-state index in [2.05, 4.69) is 67.3 Å². The van der Waals surface area contributed by atoms with E-state index in [0.717, 1.165) is 34.8 Å². The first-order chi connectivity index (χ1) is 36.9. The van der Waals surface area contributed by atoms with Gasteiger partial charge in [-0.15, -0.1) is 0 Å². The van der Waals surface area contributed by atoms with Crippen LogP contribution in [0, 0.1) is 5.82 Å². The maximum absolute atomic E-state index is 14.4. The third-order valence-electron chi connectivity index (χ3n) is 13.8. The molecule has 0 radical (unpaired) electrons. The number of aliphatic hydroxyl groups excluding tert-OH is 1. The van der Waals surface area contributed by atoms with Crippen LogP contribution in [-0.2, 0) is 16.1 Å². The number of nitrogens with one attached hydrogen (secondary N) is 2. The van der Waals surface area contributed by atoms with Crippen molar-refractivity contribution in [3.8, 4) is 34.3 Å². The molecule has 11 rings (SSSR count). The topological polar surface area (TPSA) is 191 Å². The zero-order valence-electron chi connectivity index (χ0n) is 42.3. The number of β-amino-alcohol motifs (C(OH)–C–C–N with tert-alkyl or cyclic N) is 1. The lowest BCUT2D eigenvalue weighted by Crippen LogP contribution is -2.60. The summed E-state index contributed by atoms with van der Waals surface area (Å²) >= 11 is 13.2. The standard InChI is InChI=1S/C53H56Cl2FN15O5/c1-65(2)26-32-11-13-70-43(24-57-47(70)18-32)49-38(54)22-59-52(63-49)61-41-9-7-33(19-45(41)74-3)67-14-16-68(17-15-67)48(73)21-35(72)27-66-28-36-30-69(31-37(29-66)76-36)34-8-10-42(46(20-34)75-4)62-53-60-23-39(55)50(64-53)44-25-58-51-40(56)6-5-12-71(44)51/h5-13,18-20,22-25,35-37,72H,14-17,21,26-31H2,1-4H3,(H,59,61,63)(H,60,62,64). The van der Waals surface area contributed by atoms with Crippen molar-refractivity contribution in [1.82, 2.24) is 53.4 Å². The van der Waals surface area contributed by atoms with E-state index in [9.17, 15) is 14.3 Å². The van der Waals surface area contributed by atoms with Gasteiger partial charge in [-0.05, 0) is 68.2 Å². The first-order valence-corrected chi connectivity index (χ1v) is 25.6. The molecule has 3 fully saturated rings. The molecular weight excluding hydrogens is 1020 g/mol. The maximum Gasteiger partial charge on any atom is 0.227 e. The minimum Gasteiger partial charge on any atom is -0.494 e. The van der Waals surface area contributed by atoms with Gasteiger partial charge in [0.2, 0.25) is 17.8 Å². The molecule has 23 heteroatoms. The summed E-state index contributed by atoms with van der Waals surface area (Å²) in [5.74, 6) is 1.29. The fraction of sp³-hybridized carbons (Fsp3) is 0.340. The molecule has 9 heterocycles. The summed E-state index contributed by atoms with van der Waals surface area (Å²) in [5.41, 5.74) is 7.56. The summed E-state index contributed by atoms with van der Waals surface area (Å²) in [6, 6.07) is 18.8. The largest absolute Gasteiger partial charge is 0.494 e. The number of morpholine rings is 2. The number of anilines is 6. The average molecular weight is 1070 g/mol. The number of amides is 1. The number of fused-ring (bicyclic) bond motifs is 4. The van der Waals surface area contributed by atoms with Crippen LogP contribution in [0.5, 0.6) is 11.5 Å². The number of aliphatic hydroxyl groups is 1. The van der Waals surface area contributed by atoms with Crippen LogP contribution in [0.25, 0.3) is 34.1 Å². The highest BCUT2D eigenvalue weighted by Crippen LogP contribution is 2.37. The zero-order chi connectivity index (χ0) is 52.6. The number of aromatic nitrogens is 8. The van der Waals surface area contributed by atoms with E-state index in [1.54, 1.807) is 43.3 Å². The van der Waals surface area contributed by atoms with Gasteiger partial charge in [0.15, 0.2) is 11.5 Å². The molecule has 8 aromatic rings. The summed E-state index contributed by atoms with van der Waals surface area (Å²) in [4.78, 5) is 51.3. The Morgan fingerprint density at radius 1 is 0.763 bits per heavy atom. The molecule has 3 aliphatic heterocycles. The quantitative estimate of drug-likeness (QED) is 0.0905. The van der Waals surface area contributed by atoms with Gasteiger partial charge in [0.1, 0.15) is 28.5 Å². The number of halogens is 3. The summed E-state index contributed by atoms with van der Waals surface area (Å²) in [7, 11) is 7.28. The number of nitrogens with zero attached hydrogens (tertiary/aromatic N) is 13. The Morgan fingerprint density at radius 3 is 1.99 bits per heavy atom. The molecule has 0 saturated carbocycles. The van der Waals surface area contributed by atoms with Crippen molar-refractivity contribution < 1.29 is 28.5 Å². The number of ether oxygens (including phenoxy) is 3. The van der Waals surface area contributed by atoms with Crippen molar-refractivity contribution in [3.05, 3.63) is 119 Å². The number of imidazole rings is 2. The summed E-state index contributed by atoms with van der Waals surface area (Å²) in [5, 5.41) is 18.5. The van der Waals surface area contributed by atoms with E-state index >= 15 is 0 Å². The summed E-state index contributed by atoms with van der Waals surface area (Å²) < 4.78 is 36.0. The molecule has 2 aromatic carbocycles. The van der Waals surface area contributed by atoms with Gasteiger partial charge in [0.05, 0.1) is 96.5 Å². The second-order valence-corrected chi connectivity index (χ2v) is 20.2. The highest BCUT2D eigenvalue weighted by atomic mass is 35.5. The highest BCUT2D eigenvalue weighted by molar-refractivity contribution is 6.33. The molecular formula is C53H56Cl2FN15O5. The van der Waals surface area contributed by atoms with Crippen molar-refractivity contribution in [2.45, 2.75) is 31.3 Å². The second kappa shape index (κ2) is 21.7. The van der Waals surface area contributed by atoms with Gasteiger partial charge in [-0.3, -0.25) is 18.5 Å². The molecule has 3 aliphatic rings. The van der Waals surface area contributed by atoms with Crippen molar-refractivity contribution in [3.63, 3.8) is 0 Å². The minimum absolute atomic E-state index is 0.0412. The predicted octanol–water partition coefficient (Wildman–Crippen LogP) is 6.90. The van der Waals surface area contributed by atoms with E-state index in [4.69, 9.17) is 42.4 Å². The van der Waals surface area contributed by atoms with Gasteiger partial charge in [0, 0.05) is 101 Å². The number of pyridine rings is 2. The second-order valence-electron chi connectivity index (χ2n) is 19.4. The van der Waals surface area contributed by atoms with Crippen molar-refractivity contribution in [2.75, 3.05) is 108 Å². The minimum atomic E-state index is -0.821. The third-order valence-corrected chi connectivity index (χ3v) is 14.4. The fourth-order valence-electron chi connectivity index (χ4n) is 10.3. The number of carbonyl (C=O) groups excluding carboxylic acids is 1. The van der Waals surface area contributed by atoms with Crippen LogP contribution in [0.1, 0.15) is 12.0 Å². The Labute approximate surface area is 447 Å². The molecule has 0 aliphatic carbocycles. The normalized spacial score (nSPS) is 17.4. The molecule has 3 atom stereocenters. The van der Waals surface area contributed by atoms with Crippen LogP contribution in [0.4, 0.5) is 39.0 Å². The van der Waals surface area contributed by atoms with Crippen LogP contribution in [0.2, 0.25) is 10.0 Å². The number of carbonyl (C=O) groups is 1. The molecule has 3 unspecified atom stereocenters. The molecule has 1 amide bonds. The van der Waals surface area contributed by atoms with Gasteiger partial charge < -0.3 is 49.6 Å². The molecule has 394 valence electrons. The summed E-state index contributed by atoms with van der Waals surface area (Å²) in [6.07, 6.45) is 9.05. The number of hydrogen-bond donors (Lipinski definition) is 3. The van der Waals surface area contributed by atoms with Gasteiger partial charge in [-0.25, -0.2) is 34.3 Å². The molecule has 2 bridgehead atoms. The highest BCUT2D eigenvalue weighted by Gasteiger charge is 2.36. The van der Waals surface area contributed by atoms with E-state index in [-0.39, 0.29) is 36.1 Å². The lowest BCUT2D eigenvalue weighted by atomic mass is 10.1. The lowest BCUT2D eigenvalue weighted by molar-refractivity contribution is -0.134. The molecule has 0 spiro atoms. The van der Waals surface area contributed by atoms with Crippen LogP contribution >= 0.6 is 23.2 Å². The van der Waals surface area contributed by atoms with E-state index in [0.29, 0.717) is 115 Å². The average Bonchev–Trinajstić information content (AvgIpc) is 4.05. The number of rotatable bonds is 16. The van der Waals surface area contributed by atoms with E-state index < -0.39 is 11.9 Å². The summed E-state index contributed by atoms with van der Waals surface area (Å²) in [6.45, 7) is 5.99. The molecule has 3 saturated heterocycles. The number of hydrogen-bond acceptors (Lipinski definition) is 17. The first-order valence-electron chi connectivity index (χ1n) is 24.9. The maximum atomic E-state index is 14.4. The third kappa shape index (κ3) is 10.7. The van der Waals surface area contributed by atoms with Crippen molar-refractivity contribution in [1.29, 1.82) is 0 Å². The zero-order valence-corrected chi connectivity index (χ0v) is 43.8. The number of piperazine rings is 1. The molecule has 3 N–H and O–H groups in total. The van der Waals surface area contributed by atoms with Crippen molar-refractivity contribution >= 4 is 75.0 Å².